The van der Waals surface area contributed by atoms with Crippen LogP contribution in [0.1, 0.15) is 13.3 Å². The number of thioether (sulfide) groups is 1. The Balaban J connectivity index is 2.53. The molecule has 0 radical (unpaired) electrons. The second kappa shape index (κ2) is 8.41. The number of tetrazole rings is 1. The molecule has 0 saturated carbocycles. The standard InChI is InChI=1S/C10H20N4O3S/c1-8(5-6-15-2)18-10-11-12-13-14(10)7-9(16-3)17-4/h8-9H,5-7H2,1-4H3. The highest BCUT2D eigenvalue weighted by Crippen LogP contribution is 2.22. The van der Waals surface area contributed by atoms with E-state index in [0.29, 0.717) is 11.8 Å². The number of aromatic nitrogens is 4. The van der Waals surface area contributed by atoms with E-state index in [1.54, 1.807) is 37.8 Å². The largest absolute Gasteiger partial charge is 0.385 e. The minimum absolute atomic E-state index is 0.345. The number of hydrogen-bond acceptors (Lipinski definition) is 7. The molecule has 0 aromatic carbocycles. The van der Waals surface area contributed by atoms with Crippen LogP contribution in [-0.4, -0.2) is 59.7 Å². The summed E-state index contributed by atoms with van der Waals surface area (Å²) in [5.41, 5.74) is 0. The molecule has 0 amide bonds. The number of nitrogens with zero attached hydrogens (tertiary/aromatic N) is 4. The van der Waals surface area contributed by atoms with Gasteiger partial charge in [-0.1, -0.05) is 18.7 Å². The van der Waals surface area contributed by atoms with Gasteiger partial charge in [-0.15, -0.1) is 5.10 Å². The van der Waals surface area contributed by atoms with Crippen LogP contribution in [0.3, 0.4) is 0 Å². The molecule has 0 spiro atoms. The molecule has 104 valence electrons. The van der Waals surface area contributed by atoms with Crippen molar-refractivity contribution in [1.82, 2.24) is 20.2 Å². The van der Waals surface area contributed by atoms with E-state index >= 15 is 0 Å². The van der Waals surface area contributed by atoms with Gasteiger partial charge >= 0.3 is 0 Å². The molecule has 1 aromatic heterocycles. The van der Waals surface area contributed by atoms with Crippen LogP contribution in [-0.2, 0) is 20.8 Å². The Morgan fingerprint density at radius 1 is 1.28 bits per heavy atom. The molecule has 0 saturated heterocycles. The fraction of sp³-hybridized carbons (Fsp3) is 0.900. The van der Waals surface area contributed by atoms with E-state index in [0.717, 1.165) is 18.2 Å². The summed E-state index contributed by atoms with van der Waals surface area (Å²) in [6, 6.07) is 0. The lowest BCUT2D eigenvalue weighted by Gasteiger charge is -2.14. The second-order valence-corrected chi connectivity index (χ2v) is 5.16. The topological polar surface area (TPSA) is 71.3 Å². The van der Waals surface area contributed by atoms with E-state index in [2.05, 4.69) is 22.4 Å². The third-order valence-corrected chi connectivity index (χ3v) is 3.52. The molecule has 1 aromatic rings. The summed E-state index contributed by atoms with van der Waals surface area (Å²) < 4.78 is 17.0. The van der Waals surface area contributed by atoms with Crippen molar-refractivity contribution in [3.05, 3.63) is 0 Å². The van der Waals surface area contributed by atoms with Gasteiger partial charge in [0.1, 0.15) is 0 Å². The lowest BCUT2D eigenvalue weighted by Crippen LogP contribution is -2.22. The quantitative estimate of drug-likeness (QED) is 0.488. The highest BCUT2D eigenvalue weighted by molar-refractivity contribution is 7.99. The third-order valence-electron chi connectivity index (χ3n) is 2.38. The van der Waals surface area contributed by atoms with Crippen LogP contribution in [0.25, 0.3) is 0 Å². The summed E-state index contributed by atoms with van der Waals surface area (Å²) in [6.45, 7) is 3.32. The van der Waals surface area contributed by atoms with Gasteiger partial charge in [0.25, 0.3) is 0 Å². The van der Waals surface area contributed by atoms with Crippen molar-refractivity contribution >= 4 is 11.8 Å². The van der Waals surface area contributed by atoms with E-state index in [4.69, 9.17) is 14.2 Å². The van der Waals surface area contributed by atoms with Crippen LogP contribution in [0.15, 0.2) is 5.16 Å². The maximum Gasteiger partial charge on any atom is 0.209 e. The van der Waals surface area contributed by atoms with Crippen molar-refractivity contribution in [3.63, 3.8) is 0 Å². The van der Waals surface area contributed by atoms with Crippen molar-refractivity contribution in [2.75, 3.05) is 27.9 Å². The smallest absolute Gasteiger partial charge is 0.209 e. The fourth-order valence-corrected chi connectivity index (χ4v) is 2.19. The Bertz CT molecular complexity index is 333. The zero-order chi connectivity index (χ0) is 13.4. The maximum atomic E-state index is 5.13. The van der Waals surface area contributed by atoms with Crippen LogP contribution in [0.2, 0.25) is 0 Å². The van der Waals surface area contributed by atoms with Gasteiger partial charge in [-0.05, 0) is 16.8 Å². The molecule has 0 aliphatic heterocycles. The average molecular weight is 276 g/mol. The first kappa shape index (κ1) is 15.4. The molecule has 7 nitrogen and oxygen atoms in total. The molecule has 1 unspecified atom stereocenters. The first-order valence-corrected chi connectivity index (χ1v) is 6.56. The van der Waals surface area contributed by atoms with E-state index in [1.165, 1.54) is 0 Å². The van der Waals surface area contributed by atoms with Gasteiger partial charge in [0, 0.05) is 33.2 Å². The summed E-state index contributed by atoms with van der Waals surface area (Å²) in [5, 5.41) is 12.8. The molecular formula is C10H20N4O3S. The Morgan fingerprint density at radius 2 is 2.00 bits per heavy atom. The van der Waals surface area contributed by atoms with Crippen LogP contribution in [0.5, 0.6) is 0 Å². The van der Waals surface area contributed by atoms with Gasteiger partial charge in [-0.25, -0.2) is 4.68 Å². The molecule has 1 rings (SSSR count). The fourth-order valence-electron chi connectivity index (χ4n) is 1.30. The van der Waals surface area contributed by atoms with Crippen LogP contribution in [0.4, 0.5) is 0 Å². The van der Waals surface area contributed by atoms with Crippen LogP contribution in [0, 0.1) is 0 Å². The maximum absolute atomic E-state index is 5.13. The molecule has 1 heterocycles. The van der Waals surface area contributed by atoms with Crippen molar-refractivity contribution in [3.8, 4) is 0 Å². The molecule has 0 aliphatic carbocycles. The third kappa shape index (κ3) is 4.89. The zero-order valence-corrected chi connectivity index (χ0v) is 12.0. The molecule has 8 heteroatoms. The van der Waals surface area contributed by atoms with Crippen LogP contribution < -0.4 is 0 Å². The van der Waals surface area contributed by atoms with E-state index in [1.807, 2.05) is 0 Å². The van der Waals surface area contributed by atoms with Gasteiger partial charge in [0.15, 0.2) is 6.29 Å². The van der Waals surface area contributed by atoms with Crippen molar-refractivity contribution in [1.29, 1.82) is 0 Å². The number of methoxy groups -OCH3 is 3. The lowest BCUT2D eigenvalue weighted by molar-refractivity contribution is -0.113. The predicted molar refractivity (Wildman–Crippen MR) is 67.4 cm³/mol. The number of ether oxygens (including phenoxy) is 3. The SMILES string of the molecule is COCCC(C)Sc1nnnn1CC(OC)OC. The summed E-state index contributed by atoms with van der Waals surface area (Å²) in [6.07, 6.45) is 0.605. The molecule has 0 fully saturated rings. The molecule has 0 aliphatic rings. The highest BCUT2D eigenvalue weighted by Gasteiger charge is 2.15. The molecule has 18 heavy (non-hydrogen) atoms. The highest BCUT2D eigenvalue weighted by atomic mass is 32.2. The van der Waals surface area contributed by atoms with Gasteiger partial charge < -0.3 is 14.2 Å². The van der Waals surface area contributed by atoms with Crippen molar-refractivity contribution < 1.29 is 14.2 Å². The minimum atomic E-state index is -0.345. The Hall–Kier alpha value is -0.700. The normalized spacial score (nSPS) is 13.2. The number of hydrogen-bond donors (Lipinski definition) is 0. The lowest BCUT2D eigenvalue weighted by atomic mass is 10.3. The Kier molecular flexibility index (Phi) is 7.18. The number of rotatable bonds is 9. The zero-order valence-electron chi connectivity index (χ0n) is 11.2. The summed E-state index contributed by atoms with van der Waals surface area (Å²) in [5.74, 6) is 0. The van der Waals surface area contributed by atoms with Gasteiger partial charge in [0.05, 0.1) is 6.54 Å². The van der Waals surface area contributed by atoms with Crippen LogP contribution >= 0.6 is 11.8 Å². The van der Waals surface area contributed by atoms with E-state index in [9.17, 15) is 0 Å². The van der Waals surface area contributed by atoms with Gasteiger partial charge in [-0.2, -0.15) is 0 Å². The molecule has 0 N–H and O–H groups in total. The summed E-state index contributed by atoms with van der Waals surface area (Å²) in [4.78, 5) is 0. The van der Waals surface area contributed by atoms with Gasteiger partial charge in [0.2, 0.25) is 5.16 Å². The van der Waals surface area contributed by atoms with E-state index in [-0.39, 0.29) is 6.29 Å². The first-order chi connectivity index (χ1) is 8.71. The Labute approximate surface area is 111 Å². The molecular weight excluding hydrogens is 256 g/mol. The monoisotopic (exact) mass is 276 g/mol. The first-order valence-electron chi connectivity index (χ1n) is 5.68. The average Bonchev–Trinajstić information content (AvgIpc) is 2.80. The van der Waals surface area contributed by atoms with Crippen molar-refractivity contribution in [2.45, 2.75) is 36.6 Å². The Morgan fingerprint density at radius 3 is 2.61 bits per heavy atom. The van der Waals surface area contributed by atoms with Gasteiger partial charge in [-0.3, -0.25) is 0 Å². The molecule has 0 bridgehead atoms. The second-order valence-electron chi connectivity index (χ2n) is 3.75. The van der Waals surface area contributed by atoms with Crippen molar-refractivity contribution in [2.24, 2.45) is 0 Å². The summed E-state index contributed by atoms with van der Waals surface area (Å²) >= 11 is 1.62. The molecule has 1 atom stereocenters. The van der Waals surface area contributed by atoms with E-state index < -0.39 is 0 Å². The summed E-state index contributed by atoms with van der Waals surface area (Å²) in [7, 11) is 4.88. The minimum Gasteiger partial charge on any atom is -0.385 e. The predicted octanol–water partition coefficient (Wildman–Crippen LogP) is 0.809.